The van der Waals surface area contributed by atoms with E-state index in [1.165, 1.54) is 0 Å². The SMILES string of the molecule is CNCc1nccc(-c2ccc(Br)cc2)n1. The lowest BCUT2D eigenvalue weighted by molar-refractivity contribution is 0.759. The summed E-state index contributed by atoms with van der Waals surface area (Å²) in [6.45, 7) is 0.685. The second kappa shape index (κ2) is 5.18. The predicted octanol–water partition coefficient (Wildman–Crippen LogP) is 2.63. The van der Waals surface area contributed by atoms with E-state index in [0.717, 1.165) is 21.6 Å². The smallest absolute Gasteiger partial charge is 0.142 e. The lowest BCUT2D eigenvalue weighted by Gasteiger charge is -2.03. The average Bonchev–Trinajstić information content (AvgIpc) is 2.31. The predicted molar refractivity (Wildman–Crippen MR) is 67.9 cm³/mol. The molecule has 0 saturated heterocycles. The van der Waals surface area contributed by atoms with Crippen molar-refractivity contribution < 1.29 is 0 Å². The molecule has 0 amide bonds. The lowest BCUT2D eigenvalue weighted by atomic mass is 10.1. The molecule has 16 heavy (non-hydrogen) atoms. The molecule has 82 valence electrons. The molecule has 2 rings (SSSR count). The topological polar surface area (TPSA) is 37.8 Å². The van der Waals surface area contributed by atoms with Gasteiger partial charge in [0.2, 0.25) is 0 Å². The van der Waals surface area contributed by atoms with Gasteiger partial charge in [-0.2, -0.15) is 0 Å². The molecule has 2 aromatic rings. The van der Waals surface area contributed by atoms with Gasteiger partial charge < -0.3 is 5.32 Å². The molecule has 4 heteroatoms. The number of nitrogens with one attached hydrogen (secondary N) is 1. The Labute approximate surface area is 103 Å². The molecule has 0 saturated carbocycles. The van der Waals surface area contributed by atoms with Crippen LogP contribution in [0.5, 0.6) is 0 Å². The third-order valence-electron chi connectivity index (χ3n) is 2.18. The molecule has 0 aliphatic carbocycles. The fourth-order valence-corrected chi connectivity index (χ4v) is 1.69. The molecule has 0 spiro atoms. The van der Waals surface area contributed by atoms with Gasteiger partial charge in [-0.25, -0.2) is 9.97 Å². The standard InChI is InChI=1S/C12H12BrN3/c1-14-8-12-15-7-6-11(16-12)9-2-4-10(13)5-3-9/h2-7,14H,8H2,1H3. The second-order valence-corrected chi connectivity index (χ2v) is 4.31. The summed E-state index contributed by atoms with van der Waals surface area (Å²) >= 11 is 3.41. The summed E-state index contributed by atoms with van der Waals surface area (Å²) in [6, 6.07) is 10.0. The van der Waals surface area contributed by atoms with Crippen LogP contribution in [0.4, 0.5) is 0 Å². The van der Waals surface area contributed by atoms with E-state index in [0.29, 0.717) is 6.54 Å². The number of aromatic nitrogens is 2. The molecule has 1 aromatic heterocycles. The maximum Gasteiger partial charge on any atom is 0.142 e. The largest absolute Gasteiger partial charge is 0.313 e. The van der Waals surface area contributed by atoms with Gasteiger partial charge >= 0.3 is 0 Å². The van der Waals surface area contributed by atoms with Crippen LogP contribution in [0.25, 0.3) is 11.3 Å². The Bertz CT molecular complexity index is 468. The average molecular weight is 278 g/mol. The molecule has 0 fully saturated rings. The van der Waals surface area contributed by atoms with Crippen LogP contribution in [0.3, 0.4) is 0 Å². The molecule has 0 aliphatic rings. The van der Waals surface area contributed by atoms with Gasteiger partial charge in [0.15, 0.2) is 0 Å². The van der Waals surface area contributed by atoms with Gasteiger partial charge in [0.25, 0.3) is 0 Å². The van der Waals surface area contributed by atoms with Crippen LogP contribution in [0.1, 0.15) is 5.82 Å². The Balaban J connectivity index is 2.32. The van der Waals surface area contributed by atoms with Gasteiger partial charge in [-0.1, -0.05) is 28.1 Å². The Morgan fingerprint density at radius 2 is 1.94 bits per heavy atom. The molecule has 1 heterocycles. The van der Waals surface area contributed by atoms with Crippen LogP contribution < -0.4 is 5.32 Å². The molecular formula is C12H12BrN3. The highest BCUT2D eigenvalue weighted by molar-refractivity contribution is 9.10. The van der Waals surface area contributed by atoms with E-state index in [1.807, 2.05) is 37.4 Å². The number of nitrogens with zero attached hydrogens (tertiary/aromatic N) is 2. The van der Waals surface area contributed by atoms with Crippen LogP contribution in [0.15, 0.2) is 41.0 Å². The third-order valence-corrected chi connectivity index (χ3v) is 2.71. The minimum absolute atomic E-state index is 0.685. The van der Waals surface area contributed by atoms with Gasteiger partial charge in [0, 0.05) is 16.2 Å². The number of halogens is 1. The molecule has 0 bridgehead atoms. The minimum atomic E-state index is 0.685. The molecule has 0 unspecified atom stereocenters. The second-order valence-electron chi connectivity index (χ2n) is 3.40. The molecule has 0 aliphatic heterocycles. The number of hydrogen-bond donors (Lipinski definition) is 1. The van der Waals surface area contributed by atoms with Crippen molar-refractivity contribution >= 4 is 15.9 Å². The first-order valence-electron chi connectivity index (χ1n) is 5.02. The van der Waals surface area contributed by atoms with Gasteiger partial charge in [0.1, 0.15) is 5.82 Å². The summed E-state index contributed by atoms with van der Waals surface area (Å²) in [5.41, 5.74) is 2.05. The quantitative estimate of drug-likeness (QED) is 0.937. The third kappa shape index (κ3) is 2.65. The summed E-state index contributed by atoms with van der Waals surface area (Å²) in [7, 11) is 1.88. The van der Waals surface area contributed by atoms with Gasteiger partial charge in [-0.15, -0.1) is 0 Å². The Hall–Kier alpha value is -1.26. The van der Waals surface area contributed by atoms with Crippen molar-refractivity contribution in [3.8, 4) is 11.3 Å². The zero-order chi connectivity index (χ0) is 11.4. The van der Waals surface area contributed by atoms with Crippen LogP contribution in [0, 0.1) is 0 Å². The van der Waals surface area contributed by atoms with E-state index < -0.39 is 0 Å². The maximum atomic E-state index is 4.47. The summed E-state index contributed by atoms with van der Waals surface area (Å²) < 4.78 is 1.07. The summed E-state index contributed by atoms with van der Waals surface area (Å²) in [5, 5.41) is 3.04. The minimum Gasteiger partial charge on any atom is -0.313 e. The highest BCUT2D eigenvalue weighted by Gasteiger charge is 2.01. The van der Waals surface area contributed by atoms with E-state index in [9.17, 15) is 0 Å². The maximum absolute atomic E-state index is 4.47. The molecule has 3 nitrogen and oxygen atoms in total. The van der Waals surface area contributed by atoms with Crippen LogP contribution in [0.2, 0.25) is 0 Å². The summed E-state index contributed by atoms with van der Waals surface area (Å²) in [4.78, 5) is 8.66. The van der Waals surface area contributed by atoms with E-state index in [4.69, 9.17) is 0 Å². The molecule has 0 atom stereocenters. The number of hydrogen-bond acceptors (Lipinski definition) is 3. The van der Waals surface area contributed by atoms with Crippen LogP contribution in [-0.2, 0) is 6.54 Å². The van der Waals surface area contributed by atoms with Crippen molar-refractivity contribution in [3.63, 3.8) is 0 Å². The zero-order valence-corrected chi connectivity index (χ0v) is 10.5. The van der Waals surface area contributed by atoms with E-state index in [1.54, 1.807) is 6.20 Å². The number of rotatable bonds is 3. The van der Waals surface area contributed by atoms with E-state index >= 15 is 0 Å². The van der Waals surface area contributed by atoms with Crippen molar-refractivity contribution in [2.45, 2.75) is 6.54 Å². The lowest BCUT2D eigenvalue weighted by Crippen LogP contribution is -2.09. The van der Waals surface area contributed by atoms with Crippen molar-refractivity contribution in [2.24, 2.45) is 0 Å². The highest BCUT2D eigenvalue weighted by atomic mass is 79.9. The molecule has 0 radical (unpaired) electrons. The van der Waals surface area contributed by atoms with Crippen molar-refractivity contribution in [1.82, 2.24) is 15.3 Å². The van der Waals surface area contributed by atoms with Crippen molar-refractivity contribution in [1.29, 1.82) is 0 Å². The monoisotopic (exact) mass is 277 g/mol. The zero-order valence-electron chi connectivity index (χ0n) is 8.94. The van der Waals surface area contributed by atoms with Crippen LogP contribution in [-0.4, -0.2) is 17.0 Å². The van der Waals surface area contributed by atoms with Gasteiger partial charge in [-0.05, 0) is 25.2 Å². The normalized spacial score (nSPS) is 10.4. The first kappa shape index (κ1) is 11.2. The molecule has 1 N–H and O–H groups in total. The fourth-order valence-electron chi connectivity index (χ4n) is 1.42. The highest BCUT2D eigenvalue weighted by Crippen LogP contribution is 2.19. The fraction of sp³-hybridized carbons (Fsp3) is 0.167. The van der Waals surface area contributed by atoms with E-state index in [-0.39, 0.29) is 0 Å². The first-order chi connectivity index (χ1) is 7.79. The van der Waals surface area contributed by atoms with Gasteiger partial charge in [0.05, 0.1) is 12.2 Å². The Kier molecular flexibility index (Phi) is 3.64. The van der Waals surface area contributed by atoms with Crippen LogP contribution >= 0.6 is 15.9 Å². The Morgan fingerprint density at radius 1 is 1.19 bits per heavy atom. The van der Waals surface area contributed by atoms with Crippen molar-refractivity contribution in [3.05, 3.63) is 46.8 Å². The molecular weight excluding hydrogens is 266 g/mol. The Morgan fingerprint density at radius 3 is 2.62 bits per heavy atom. The summed E-state index contributed by atoms with van der Waals surface area (Å²) in [6.07, 6.45) is 1.79. The summed E-state index contributed by atoms with van der Waals surface area (Å²) in [5.74, 6) is 0.808. The first-order valence-corrected chi connectivity index (χ1v) is 5.81. The van der Waals surface area contributed by atoms with E-state index in [2.05, 4.69) is 31.2 Å². The molecule has 1 aromatic carbocycles. The van der Waals surface area contributed by atoms with Crippen molar-refractivity contribution in [2.75, 3.05) is 7.05 Å². The number of benzene rings is 1. The van der Waals surface area contributed by atoms with Gasteiger partial charge in [-0.3, -0.25) is 0 Å².